The first-order valence-electron chi connectivity index (χ1n) is 7.83. The third-order valence-corrected chi connectivity index (χ3v) is 6.33. The monoisotopic (exact) mass is 425 g/mol. The second-order valence-electron chi connectivity index (χ2n) is 5.88. The van der Waals surface area contributed by atoms with Crippen LogP contribution >= 0.6 is 34.5 Å². The molecule has 4 nitrogen and oxygen atoms in total. The highest BCUT2D eigenvalue weighted by molar-refractivity contribution is 7.19. The van der Waals surface area contributed by atoms with Gasteiger partial charge >= 0.3 is 5.00 Å². The number of hydrogen-bond donors (Lipinski definition) is 0. The van der Waals surface area contributed by atoms with Gasteiger partial charge in [0.2, 0.25) is 0 Å². The smallest absolute Gasteiger partial charge is 0.325 e. The van der Waals surface area contributed by atoms with Crippen molar-refractivity contribution in [3.63, 3.8) is 0 Å². The standard InChI is InChI=1S/C19H14Cl2FNO3S/c1-9-15(10(2)17(21)18(26-3)16(9)20)13-8-14(23(24)25)27-19(13)11-4-6-12(22)7-5-11/h4-8H,1-3H3. The van der Waals surface area contributed by atoms with E-state index in [1.165, 1.54) is 25.3 Å². The molecular formula is C19H14Cl2FNO3S. The van der Waals surface area contributed by atoms with Crippen LogP contribution in [-0.4, -0.2) is 12.0 Å². The Kier molecular flexibility index (Phi) is 5.42. The zero-order chi connectivity index (χ0) is 19.9. The molecule has 1 aromatic heterocycles. The fourth-order valence-corrected chi connectivity index (χ4v) is 4.56. The van der Waals surface area contributed by atoms with E-state index in [1.54, 1.807) is 12.1 Å². The summed E-state index contributed by atoms with van der Waals surface area (Å²) in [6.45, 7) is 3.61. The Hall–Kier alpha value is -2.15. The lowest BCUT2D eigenvalue weighted by atomic mass is 9.93. The molecule has 0 aliphatic carbocycles. The second-order valence-corrected chi connectivity index (χ2v) is 7.66. The third kappa shape index (κ3) is 3.40. The topological polar surface area (TPSA) is 52.4 Å². The van der Waals surface area contributed by atoms with E-state index in [-0.39, 0.29) is 10.8 Å². The average Bonchev–Trinajstić information content (AvgIpc) is 3.07. The van der Waals surface area contributed by atoms with Crippen LogP contribution in [0.1, 0.15) is 11.1 Å². The maximum atomic E-state index is 13.3. The van der Waals surface area contributed by atoms with Crippen molar-refractivity contribution in [3.8, 4) is 27.3 Å². The van der Waals surface area contributed by atoms with Crippen molar-refractivity contribution in [3.05, 3.63) is 67.4 Å². The summed E-state index contributed by atoms with van der Waals surface area (Å²) >= 11 is 13.9. The molecule has 0 atom stereocenters. The number of nitro groups is 1. The van der Waals surface area contributed by atoms with Crippen molar-refractivity contribution in [1.29, 1.82) is 0 Å². The number of benzene rings is 2. The summed E-state index contributed by atoms with van der Waals surface area (Å²) in [6, 6.07) is 7.31. The summed E-state index contributed by atoms with van der Waals surface area (Å²) in [6.07, 6.45) is 0. The Balaban J connectivity index is 2.35. The number of nitrogens with zero attached hydrogens (tertiary/aromatic N) is 1. The minimum absolute atomic E-state index is 0.0220. The maximum absolute atomic E-state index is 13.3. The molecule has 0 radical (unpaired) electrons. The highest BCUT2D eigenvalue weighted by Gasteiger charge is 2.25. The summed E-state index contributed by atoms with van der Waals surface area (Å²) in [7, 11) is 1.48. The van der Waals surface area contributed by atoms with Crippen LogP contribution in [0.4, 0.5) is 9.39 Å². The van der Waals surface area contributed by atoms with Crippen LogP contribution in [0.5, 0.6) is 5.75 Å². The zero-order valence-corrected chi connectivity index (χ0v) is 16.9. The highest BCUT2D eigenvalue weighted by Crippen LogP contribution is 2.49. The number of halogens is 3. The maximum Gasteiger partial charge on any atom is 0.325 e. The minimum atomic E-state index is -0.446. The van der Waals surface area contributed by atoms with Gasteiger partial charge in [-0.15, -0.1) is 0 Å². The molecule has 2 aromatic carbocycles. The summed E-state index contributed by atoms with van der Waals surface area (Å²) in [4.78, 5) is 11.6. The van der Waals surface area contributed by atoms with Gasteiger partial charge in [-0.1, -0.05) is 46.7 Å². The number of methoxy groups -OCH3 is 1. The first-order valence-corrected chi connectivity index (χ1v) is 9.40. The fourth-order valence-electron chi connectivity index (χ4n) is 2.99. The lowest BCUT2D eigenvalue weighted by Crippen LogP contribution is -1.96. The Morgan fingerprint density at radius 1 is 1.11 bits per heavy atom. The van der Waals surface area contributed by atoms with Crippen molar-refractivity contribution in [2.75, 3.05) is 7.11 Å². The van der Waals surface area contributed by atoms with Crippen LogP contribution < -0.4 is 4.74 Å². The second kappa shape index (κ2) is 7.46. The number of hydrogen-bond acceptors (Lipinski definition) is 4. The Morgan fingerprint density at radius 2 is 1.67 bits per heavy atom. The van der Waals surface area contributed by atoms with Crippen LogP contribution in [0.2, 0.25) is 10.0 Å². The molecule has 8 heteroatoms. The molecule has 3 rings (SSSR count). The van der Waals surface area contributed by atoms with Gasteiger partial charge in [0.15, 0.2) is 5.75 Å². The molecule has 0 aliphatic heterocycles. The van der Waals surface area contributed by atoms with Crippen molar-refractivity contribution < 1.29 is 14.1 Å². The van der Waals surface area contributed by atoms with Crippen LogP contribution in [0.15, 0.2) is 30.3 Å². The molecule has 0 bridgehead atoms. The summed E-state index contributed by atoms with van der Waals surface area (Å²) in [5.74, 6) is -0.0144. The first-order chi connectivity index (χ1) is 12.8. The van der Waals surface area contributed by atoms with Crippen molar-refractivity contribution in [2.24, 2.45) is 0 Å². The Morgan fingerprint density at radius 3 is 2.15 bits per heavy atom. The van der Waals surface area contributed by atoms with Gasteiger partial charge in [0.05, 0.1) is 22.1 Å². The minimum Gasteiger partial charge on any atom is -0.494 e. The van der Waals surface area contributed by atoms with E-state index in [0.717, 1.165) is 11.3 Å². The van der Waals surface area contributed by atoms with Gasteiger partial charge in [0.1, 0.15) is 5.82 Å². The van der Waals surface area contributed by atoms with Gasteiger partial charge in [0.25, 0.3) is 0 Å². The van der Waals surface area contributed by atoms with Crippen LogP contribution in [-0.2, 0) is 0 Å². The molecule has 0 unspecified atom stereocenters. The molecule has 3 aromatic rings. The normalized spacial score (nSPS) is 10.9. The molecule has 1 heterocycles. The van der Waals surface area contributed by atoms with Gasteiger partial charge in [-0.25, -0.2) is 4.39 Å². The fraction of sp³-hybridized carbons (Fsp3) is 0.158. The molecule has 0 aliphatic rings. The summed E-state index contributed by atoms with van der Waals surface area (Å²) in [5.41, 5.74) is 3.40. The van der Waals surface area contributed by atoms with Crippen molar-refractivity contribution >= 4 is 39.5 Å². The van der Waals surface area contributed by atoms with Crippen molar-refractivity contribution in [2.45, 2.75) is 13.8 Å². The highest BCUT2D eigenvalue weighted by atomic mass is 35.5. The molecule has 0 saturated heterocycles. The number of thiophene rings is 1. The van der Waals surface area contributed by atoms with Gasteiger partial charge in [-0.2, -0.15) is 0 Å². The van der Waals surface area contributed by atoms with E-state index in [0.29, 0.717) is 48.5 Å². The summed E-state index contributed by atoms with van der Waals surface area (Å²) < 4.78 is 18.6. The molecule has 0 fully saturated rings. The van der Waals surface area contributed by atoms with Gasteiger partial charge in [0, 0.05) is 16.5 Å². The van der Waals surface area contributed by atoms with Gasteiger partial charge in [-0.05, 0) is 48.2 Å². The molecular weight excluding hydrogens is 412 g/mol. The molecule has 0 amide bonds. The quantitative estimate of drug-likeness (QED) is 0.331. The van der Waals surface area contributed by atoms with E-state index in [9.17, 15) is 14.5 Å². The van der Waals surface area contributed by atoms with E-state index < -0.39 is 4.92 Å². The lowest BCUT2D eigenvalue weighted by Gasteiger charge is -2.17. The SMILES string of the molecule is COc1c(Cl)c(C)c(-c2cc([N+](=O)[O-])sc2-c2ccc(F)cc2)c(C)c1Cl. The van der Waals surface area contributed by atoms with E-state index in [1.807, 2.05) is 13.8 Å². The van der Waals surface area contributed by atoms with E-state index >= 15 is 0 Å². The molecule has 0 N–H and O–H groups in total. The predicted molar refractivity (Wildman–Crippen MR) is 108 cm³/mol. The average molecular weight is 426 g/mol. The predicted octanol–water partition coefficient (Wildman–Crippen LogP) is 7.06. The van der Waals surface area contributed by atoms with Gasteiger partial charge < -0.3 is 4.74 Å². The third-order valence-electron chi connectivity index (χ3n) is 4.29. The van der Waals surface area contributed by atoms with E-state index in [4.69, 9.17) is 27.9 Å². The van der Waals surface area contributed by atoms with E-state index in [2.05, 4.69) is 0 Å². The van der Waals surface area contributed by atoms with Crippen LogP contribution in [0.25, 0.3) is 21.6 Å². The lowest BCUT2D eigenvalue weighted by molar-refractivity contribution is -0.380. The number of rotatable bonds is 4. The molecule has 140 valence electrons. The zero-order valence-electron chi connectivity index (χ0n) is 14.6. The molecule has 0 spiro atoms. The van der Waals surface area contributed by atoms with Crippen molar-refractivity contribution in [1.82, 2.24) is 0 Å². The Bertz CT molecular complexity index is 1020. The largest absolute Gasteiger partial charge is 0.494 e. The van der Waals surface area contributed by atoms with Crippen LogP contribution in [0.3, 0.4) is 0 Å². The molecule has 27 heavy (non-hydrogen) atoms. The number of ether oxygens (including phenoxy) is 1. The Labute approximate surface area is 169 Å². The van der Waals surface area contributed by atoms with Gasteiger partial charge in [-0.3, -0.25) is 10.1 Å². The molecule has 0 saturated carbocycles. The summed E-state index contributed by atoms with van der Waals surface area (Å²) in [5, 5.41) is 12.0. The van der Waals surface area contributed by atoms with Crippen LogP contribution in [0, 0.1) is 29.8 Å². The first kappa shape index (κ1) is 19.6.